The second-order valence-corrected chi connectivity index (χ2v) is 2.42. The molecule has 0 atom stereocenters. The van der Waals surface area contributed by atoms with Crippen molar-refractivity contribution in [2.75, 3.05) is 27.3 Å². The van der Waals surface area contributed by atoms with Gasteiger partial charge in [-0.05, 0) is 0 Å². The molecule has 8 heavy (non-hydrogen) atoms. The molecule has 1 saturated heterocycles. The van der Waals surface area contributed by atoms with Gasteiger partial charge in [-0.2, -0.15) is 0 Å². The van der Waals surface area contributed by atoms with Gasteiger partial charge in [0.2, 0.25) is 0 Å². The van der Waals surface area contributed by atoms with Crippen LogP contribution in [-0.4, -0.2) is 50.2 Å². The van der Waals surface area contributed by atoms with E-state index in [1.54, 1.807) is 0 Å². The summed E-state index contributed by atoms with van der Waals surface area (Å²) in [7, 11) is 8.02. The number of hydrogen-bond acceptors (Lipinski definition) is 2. The van der Waals surface area contributed by atoms with Crippen LogP contribution in [0.4, 0.5) is 0 Å². The SMILES string of the molecule is B=C1CN(C)CN1C. The van der Waals surface area contributed by atoms with Gasteiger partial charge in [0, 0.05) is 0 Å². The molecule has 0 radical (unpaired) electrons. The second-order valence-electron chi connectivity index (χ2n) is 2.42. The number of rotatable bonds is 0. The number of nitrogens with zero attached hydrogens (tertiary/aromatic N) is 2. The molecule has 0 unspecified atom stereocenters. The van der Waals surface area contributed by atoms with E-state index in [4.69, 9.17) is 0 Å². The van der Waals surface area contributed by atoms with Crippen LogP contribution < -0.4 is 0 Å². The third-order valence-electron chi connectivity index (χ3n) is 1.45. The van der Waals surface area contributed by atoms with E-state index in [2.05, 4.69) is 31.4 Å². The summed E-state index contributed by atoms with van der Waals surface area (Å²) in [6, 6.07) is 0. The van der Waals surface area contributed by atoms with E-state index in [1.165, 1.54) is 5.59 Å². The Bertz CT molecular complexity index is 113. The van der Waals surface area contributed by atoms with Crippen LogP contribution in [-0.2, 0) is 0 Å². The summed E-state index contributed by atoms with van der Waals surface area (Å²) in [6.45, 7) is 2.05. The van der Waals surface area contributed by atoms with Crippen molar-refractivity contribution in [1.29, 1.82) is 0 Å². The Morgan fingerprint density at radius 3 is 2.25 bits per heavy atom. The summed E-state index contributed by atoms with van der Waals surface area (Å²) >= 11 is 0. The molecule has 3 heteroatoms. The van der Waals surface area contributed by atoms with Crippen LogP contribution in [0.5, 0.6) is 0 Å². The van der Waals surface area contributed by atoms with E-state index in [0.29, 0.717) is 0 Å². The monoisotopic (exact) mass is 110 g/mol. The van der Waals surface area contributed by atoms with Crippen molar-refractivity contribution in [3.05, 3.63) is 0 Å². The maximum atomic E-state index is 3.87. The summed E-state index contributed by atoms with van der Waals surface area (Å²) in [5.74, 6) is 0. The van der Waals surface area contributed by atoms with Crippen LogP contribution in [0.1, 0.15) is 0 Å². The fourth-order valence-electron chi connectivity index (χ4n) is 0.944. The Labute approximate surface area is 51.2 Å². The zero-order valence-corrected chi connectivity index (χ0v) is 5.52. The average molecular weight is 110 g/mol. The minimum absolute atomic E-state index is 1.02. The zero-order valence-electron chi connectivity index (χ0n) is 5.52. The molecule has 0 spiro atoms. The van der Waals surface area contributed by atoms with Crippen LogP contribution in [0.2, 0.25) is 0 Å². The van der Waals surface area contributed by atoms with Gasteiger partial charge in [-0.15, -0.1) is 0 Å². The molecule has 0 aromatic rings. The number of hydrogen-bond donors (Lipinski definition) is 0. The Kier molecular flexibility index (Phi) is 1.38. The fourth-order valence-corrected chi connectivity index (χ4v) is 0.944. The van der Waals surface area contributed by atoms with Crippen LogP contribution in [0, 0.1) is 0 Å². The molecule has 1 aliphatic rings. The standard InChI is InChI=1S/C5H11BN2/c1-7-3-5(6)8(2)4-7/h6H,3-4H2,1-2H3. The first-order valence-electron chi connectivity index (χ1n) is 2.77. The quantitative estimate of drug-likeness (QED) is 0.363. The van der Waals surface area contributed by atoms with Gasteiger partial charge in [-0.3, -0.25) is 0 Å². The van der Waals surface area contributed by atoms with Gasteiger partial charge in [0.1, 0.15) is 0 Å². The van der Waals surface area contributed by atoms with Crippen molar-refractivity contribution in [2.45, 2.75) is 0 Å². The Morgan fingerprint density at radius 1 is 1.50 bits per heavy atom. The normalized spacial score (nSPS) is 22.6. The molecule has 1 heterocycles. The van der Waals surface area contributed by atoms with Gasteiger partial charge < -0.3 is 0 Å². The molecule has 0 amide bonds. The minimum atomic E-state index is 1.02. The molecule has 1 fully saturated rings. The van der Waals surface area contributed by atoms with Crippen molar-refractivity contribution in [2.24, 2.45) is 0 Å². The molecule has 0 bridgehead atoms. The Hall–Kier alpha value is -0.305. The predicted octanol–water partition coefficient (Wildman–Crippen LogP) is -1.15. The van der Waals surface area contributed by atoms with Crippen LogP contribution >= 0.6 is 0 Å². The molecule has 0 saturated carbocycles. The molecule has 0 aromatic heterocycles. The summed E-state index contributed by atoms with van der Waals surface area (Å²) in [4.78, 5) is 4.38. The molecule has 0 aliphatic carbocycles. The summed E-state index contributed by atoms with van der Waals surface area (Å²) < 4.78 is 0. The van der Waals surface area contributed by atoms with E-state index < -0.39 is 0 Å². The van der Waals surface area contributed by atoms with E-state index in [9.17, 15) is 0 Å². The van der Waals surface area contributed by atoms with E-state index in [0.717, 1.165) is 13.2 Å². The maximum absolute atomic E-state index is 3.87. The van der Waals surface area contributed by atoms with Gasteiger partial charge in [0.15, 0.2) is 0 Å². The van der Waals surface area contributed by atoms with Crippen molar-refractivity contribution >= 4 is 13.1 Å². The molecule has 0 aromatic carbocycles. The Balaban J connectivity index is 2.51. The molecule has 1 aliphatic heterocycles. The topological polar surface area (TPSA) is 6.48 Å². The summed E-state index contributed by atoms with van der Waals surface area (Å²) in [6.07, 6.45) is 0. The fraction of sp³-hybridized carbons (Fsp3) is 0.800. The van der Waals surface area contributed by atoms with Crippen LogP contribution in [0.3, 0.4) is 0 Å². The summed E-state index contributed by atoms with van der Waals surface area (Å²) in [5, 5.41) is 0. The van der Waals surface area contributed by atoms with Gasteiger partial charge in [-0.1, -0.05) is 0 Å². The molecular weight excluding hydrogens is 98.9 g/mol. The molecule has 1 rings (SSSR count). The second kappa shape index (κ2) is 1.90. The third kappa shape index (κ3) is 0.918. The number of likely N-dealkylation sites (N-methyl/N-ethyl adjacent to an activating group) is 2. The van der Waals surface area contributed by atoms with Crippen molar-refractivity contribution in [3.63, 3.8) is 0 Å². The van der Waals surface area contributed by atoms with Crippen LogP contribution in [0.15, 0.2) is 0 Å². The molecule has 2 nitrogen and oxygen atoms in total. The van der Waals surface area contributed by atoms with Crippen molar-refractivity contribution in [1.82, 2.24) is 9.80 Å². The van der Waals surface area contributed by atoms with Gasteiger partial charge in [0.25, 0.3) is 0 Å². The predicted molar refractivity (Wildman–Crippen MR) is 37.4 cm³/mol. The molecule has 44 valence electrons. The van der Waals surface area contributed by atoms with E-state index >= 15 is 0 Å². The molecular formula is C5H11BN2. The summed E-state index contributed by atoms with van der Waals surface area (Å²) in [5.41, 5.74) is 1.22. The van der Waals surface area contributed by atoms with Gasteiger partial charge >= 0.3 is 50.2 Å². The first kappa shape index (κ1) is 5.82. The van der Waals surface area contributed by atoms with Crippen LogP contribution in [0.25, 0.3) is 0 Å². The third-order valence-corrected chi connectivity index (χ3v) is 1.45. The first-order valence-corrected chi connectivity index (χ1v) is 2.77. The van der Waals surface area contributed by atoms with Gasteiger partial charge in [0.05, 0.1) is 0 Å². The molecule has 0 N–H and O–H groups in total. The Morgan fingerprint density at radius 2 is 2.12 bits per heavy atom. The van der Waals surface area contributed by atoms with Crippen molar-refractivity contribution < 1.29 is 0 Å². The van der Waals surface area contributed by atoms with Gasteiger partial charge in [-0.25, -0.2) is 0 Å². The van der Waals surface area contributed by atoms with Crippen molar-refractivity contribution in [3.8, 4) is 0 Å². The first-order chi connectivity index (χ1) is 3.70. The zero-order chi connectivity index (χ0) is 6.15. The van der Waals surface area contributed by atoms with E-state index in [-0.39, 0.29) is 0 Å². The van der Waals surface area contributed by atoms with E-state index in [1.807, 2.05) is 0 Å². The average Bonchev–Trinajstić information content (AvgIpc) is 1.85.